The number of carbonyl (C=O) groups is 1. The van der Waals surface area contributed by atoms with Crippen molar-refractivity contribution in [2.45, 2.75) is 25.0 Å². The minimum Gasteiger partial charge on any atom is -0.478 e. The zero-order chi connectivity index (χ0) is 14.1. The van der Waals surface area contributed by atoms with E-state index in [0.717, 1.165) is 11.3 Å². The zero-order valence-electron chi connectivity index (χ0n) is 10.8. The average Bonchev–Trinajstić information content (AvgIpc) is 2.63. The van der Waals surface area contributed by atoms with Gasteiger partial charge >= 0.3 is 5.97 Å². The second-order valence-corrected chi connectivity index (χ2v) is 8.46. The second kappa shape index (κ2) is 4.99. The number of thiophene rings is 1. The van der Waals surface area contributed by atoms with Gasteiger partial charge in [-0.15, -0.1) is 11.3 Å². The number of hydrogen-bond acceptors (Lipinski definition) is 4. The van der Waals surface area contributed by atoms with E-state index in [1.54, 1.807) is 0 Å². The second-order valence-electron chi connectivity index (χ2n) is 5.28. The van der Waals surface area contributed by atoms with Crippen molar-refractivity contribution in [2.24, 2.45) is 5.41 Å². The number of rotatable bonds is 4. The molecule has 0 aromatic carbocycles. The quantitative estimate of drug-likeness (QED) is 0.922. The van der Waals surface area contributed by atoms with Crippen molar-refractivity contribution >= 4 is 27.3 Å². The number of aromatic carboxylic acids is 1. The van der Waals surface area contributed by atoms with E-state index >= 15 is 0 Å². The van der Waals surface area contributed by atoms with Gasteiger partial charge in [-0.1, -0.05) is 20.8 Å². The van der Waals surface area contributed by atoms with Crippen molar-refractivity contribution in [1.82, 2.24) is 4.31 Å². The molecule has 102 valence electrons. The molecular weight excluding hydrogens is 274 g/mol. The first-order valence-corrected chi connectivity index (χ1v) is 7.64. The summed E-state index contributed by atoms with van der Waals surface area (Å²) in [7, 11) is -2.10. The number of hydrogen-bond donors (Lipinski definition) is 1. The lowest BCUT2D eigenvalue weighted by Crippen LogP contribution is -2.34. The summed E-state index contributed by atoms with van der Waals surface area (Å²) in [4.78, 5) is 10.7. The first kappa shape index (κ1) is 15.1. The fourth-order valence-corrected chi connectivity index (χ4v) is 4.23. The first-order valence-electron chi connectivity index (χ1n) is 5.32. The molecule has 1 heterocycles. The van der Waals surface area contributed by atoms with Crippen molar-refractivity contribution in [3.63, 3.8) is 0 Å². The molecule has 0 aliphatic rings. The monoisotopic (exact) mass is 291 g/mol. The Morgan fingerprint density at radius 3 is 2.39 bits per heavy atom. The Balaban J connectivity index is 3.02. The number of sulfonamides is 1. The van der Waals surface area contributed by atoms with Crippen molar-refractivity contribution in [2.75, 3.05) is 13.6 Å². The SMILES string of the molecule is CN(CC(C)(C)C)S(=O)(=O)c1cc(C(=O)O)cs1. The number of nitrogens with zero attached hydrogens (tertiary/aromatic N) is 1. The molecule has 0 spiro atoms. The molecule has 0 saturated heterocycles. The fraction of sp³-hybridized carbons (Fsp3) is 0.545. The molecule has 0 fully saturated rings. The van der Waals surface area contributed by atoms with Crippen molar-refractivity contribution in [1.29, 1.82) is 0 Å². The van der Waals surface area contributed by atoms with Crippen LogP contribution < -0.4 is 0 Å². The van der Waals surface area contributed by atoms with Gasteiger partial charge in [0.15, 0.2) is 0 Å². The Morgan fingerprint density at radius 1 is 1.44 bits per heavy atom. The summed E-state index contributed by atoms with van der Waals surface area (Å²) in [6.45, 7) is 6.19. The molecule has 1 N–H and O–H groups in total. The summed E-state index contributed by atoms with van der Waals surface area (Å²) < 4.78 is 25.7. The maximum atomic E-state index is 12.2. The van der Waals surface area contributed by atoms with E-state index in [1.807, 2.05) is 20.8 Å². The van der Waals surface area contributed by atoms with Crippen LogP contribution in [0.25, 0.3) is 0 Å². The lowest BCUT2D eigenvalue weighted by molar-refractivity contribution is 0.0697. The fourth-order valence-electron chi connectivity index (χ4n) is 1.47. The molecule has 18 heavy (non-hydrogen) atoms. The number of carboxylic acid groups (broad SMARTS) is 1. The van der Waals surface area contributed by atoms with Crippen molar-refractivity contribution < 1.29 is 18.3 Å². The van der Waals surface area contributed by atoms with E-state index in [9.17, 15) is 13.2 Å². The molecule has 0 unspecified atom stereocenters. The van der Waals surface area contributed by atoms with Gasteiger partial charge in [0.25, 0.3) is 10.0 Å². The standard InChI is InChI=1S/C11H17NO4S2/c1-11(2,3)7-12(4)18(15,16)9-5-8(6-17-9)10(13)14/h5-6H,7H2,1-4H3,(H,13,14). The van der Waals surface area contributed by atoms with Gasteiger partial charge in [0.2, 0.25) is 0 Å². The van der Waals surface area contributed by atoms with Crippen LogP contribution in [0.15, 0.2) is 15.7 Å². The summed E-state index contributed by atoms with van der Waals surface area (Å²) >= 11 is 0.929. The van der Waals surface area contributed by atoms with E-state index in [1.165, 1.54) is 22.8 Å². The Morgan fingerprint density at radius 2 is 2.00 bits per heavy atom. The Bertz CT molecular complexity index is 540. The summed E-state index contributed by atoms with van der Waals surface area (Å²) in [5.41, 5.74) is -0.155. The third-order valence-electron chi connectivity index (χ3n) is 2.18. The van der Waals surface area contributed by atoms with E-state index in [0.29, 0.717) is 6.54 Å². The Hall–Kier alpha value is -0.920. The predicted molar refractivity (Wildman–Crippen MR) is 70.5 cm³/mol. The van der Waals surface area contributed by atoms with Crippen LogP contribution in [0.1, 0.15) is 31.1 Å². The molecule has 5 nitrogen and oxygen atoms in total. The maximum Gasteiger partial charge on any atom is 0.336 e. The molecule has 0 aliphatic heterocycles. The van der Waals surface area contributed by atoms with Crippen LogP contribution in [-0.4, -0.2) is 37.4 Å². The third-order valence-corrected chi connectivity index (χ3v) is 5.40. The molecule has 0 amide bonds. The zero-order valence-corrected chi connectivity index (χ0v) is 12.4. The van der Waals surface area contributed by atoms with Crippen LogP contribution in [0.4, 0.5) is 0 Å². The molecule has 1 aromatic rings. The highest BCUT2D eigenvalue weighted by molar-refractivity contribution is 7.91. The molecule has 0 atom stereocenters. The van der Waals surface area contributed by atoms with Crippen LogP contribution in [-0.2, 0) is 10.0 Å². The van der Waals surface area contributed by atoms with Crippen LogP contribution in [0, 0.1) is 5.41 Å². The minimum absolute atomic E-state index is 0.00253. The first-order chi connectivity index (χ1) is 8.04. The van der Waals surface area contributed by atoms with Crippen molar-refractivity contribution in [3.8, 4) is 0 Å². The van der Waals surface area contributed by atoms with Crippen LogP contribution in [0.5, 0.6) is 0 Å². The highest BCUT2D eigenvalue weighted by atomic mass is 32.2. The van der Waals surface area contributed by atoms with Gasteiger partial charge in [-0.25, -0.2) is 13.2 Å². The molecule has 7 heteroatoms. The summed E-state index contributed by atoms with van der Waals surface area (Å²) in [6, 6.07) is 1.20. The lowest BCUT2D eigenvalue weighted by atomic mass is 9.97. The summed E-state index contributed by atoms with van der Waals surface area (Å²) in [5.74, 6) is -1.12. The highest BCUT2D eigenvalue weighted by Crippen LogP contribution is 2.25. The molecule has 1 aromatic heterocycles. The molecule has 0 radical (unpaired) electrons. The van der Waals surface area contributed by atoms with Gasteiger partial charge in [0, 0.05) is 19.0 Å². The van der Waals surface area contributed by atoms with E-state index < -0.39 is 16.0 Å². The molecule has 0 aliphatic carbocycles. The van der Waals surface area contributed by atoms with Gasteiger partial charge in [-0.05, 0) is 11.5 Å². The van der Waals surface area contributed by atoms with Crippen LogP contribution >= 0.6 is 11.3 Å². The topological polar surface area (TPSA) is 74.7 Å². The lowest BCUT2D eigenvalue weighted by Gasteiger charge is -2.25. The van der Waals surface area contributed by atoms with E-state index in [-0.39, 0.29) is 15.2 Å². The Labute approximate surface area is 111 Å². The van der Waals surface area contributed by atoms with Crippen LogP contribution in [0.3, 0.4) is 0 Å². The molecular formula is C11H17NO4S2. The largest absolute Gasteiger partial charge is 0.478 e. The summed E-state index contributed by atoms with van der Waals surface area (Å²) in [5, 5.41) is 10.1. The maximum absolute atomic E-state index is 12.2. The minimum atomic E-state index is -3.60. The van der Waals surface area contributed by atoms with Crippen LogP contribution in [0.2, 0.25) is 0 Å². The Kier molecular flexibility index (Phi) is 4.19. The van der Waals surface area contributed by atoms with Gasteiger partial charge in [-0.2, -0.15) is 4.31 Å². The average molecular weight is 291 g/mol. The number of carboxylic acids is 1. The van der Waals surface area contributed by atoms with Crippen molar-refractivity contribution in [3.05, 3.63) is 17.0 Å². The normalized spacial score (nSPS) is 12.9. The third kappa shape index (κ3) is 3.54. The van der Waals surface area contributed by atoms with E-state index in [2.05, 4.69) is 0 Å². The summed E-state index contributed by atoms with van der Waals surface area (Å²) in [6.07, 6.45) is 0. The highest BCUT2D eigenvalue weighted by Gasteiger charge is 2.27. The van der Waals surface area contributed by atoms with Gasteiger partial charge < -0.3 is 5.11 Å². The molecule has 0 saturated carbocycles. The van der Waals surface area contributed by atoms with Gasteiger partial charge in [0.1, 0.15) is 4.21 Å². The predicted octanol–water partition coefficient (Wildman–Crippen LogP) is 2.11. The smallest absolute Gasteiger partial charge is 0.336 e. The van der Waals surface area contributed by atoms with Gasteiger partial charge in [-0.3, -0.25) is 0 Å². The molecule has 0 bridgehead atoms. The van der Waals surface area contributed by atoms with Gasteiger partial charge in [0.05, 0.1) is 5.56 Å². The molecule has 1 rings (SSSR count). The van der Waals surface area contributed by atoms with E-state index in [4.69, 9.17) is 5.11 Å².